The van der Waals surface area contributed by atoms with Crippen LogP contribution in [0, 0.1) is 0 Å². The van der Waals surface area contributed by atoms with Crippen LogP contribution in [-0.4, -0.2) is 34.7 Å². The third-order valence-electron chi connectivity index (χ3n) is 4.56. The predicted molar refractivity (Wildman–Crippen MR) is 118 cm³/mol. The first-order valence-corrected chi connectivity index (χ1v) is 10.2. The number of nitrogens with one attached hydrogen (secondary N) is 2. The number of H-pyrrole nitrogens is 1. The van der Waals surface area contributed by atoms with E-state index < -0.39 is 23.5 Å². The zero-order valence-corrected chi connectivity index (χ0v) is 17.7. The number of nitrogens with zero attached hydrogens (tertiary/aromatic N) is 1. The summed E-state index contributed by atoms with van der Waals surface area (Å²) >= 11 is 6.07. The molecule has 7 nitrogen and oxygen atoms in total. The summed E-state index contributed by atoms with van der Waals surface area (Å²) in [6, 6.07) is 17.4. The van der Waals surface area contributed by atoms with Gasteiger partial charge in [-0.2, -0.15) is 5.10 Å². The number of amides is 1. The molecule has 0 unspecified atom stereocenters. The quantitative estimate of drug-likeness (QED) is 0.524. The van der Waals surface area contributed by atoms with Gasteiger partial charge in [-0.3, -0.25) is 14.4 Å². The number of esters is 1. The van der Waals surface area contributed by atoms with E-state index in [9.17, 15) is 14.4 Å². The van der Waals surface area contributed by atoms with Crippen LogP contribution in [-0.2, 0) is 16.0 Å². The highest BCUT2D eigenvalue weighted by molar-refractivity contribution is 6.30. The summed E-state index contributed by atoms with van der Waals surface area (Å²) in [5.41, 5.74) is 2.60. The van der Waals surface area contributed by atoms with Crippen LogP contribution in [0.1, 0.15) is 29.4 Å². The van der Waals surface area contributed by atoms with Crippen molar-refractivity contribution in [1.29, 1.82) is 0 Å². The lowest BCUT2D eigenvalue weighted by molar-refractivity contribution is -0.143. The number of aromatic nitrogens is 2. The number of halogens is 1. The molecule has 0 radical (unpaired) electrons. The number of hydrogen-bond donors (Lipinski definition) is 2. The van der Waals surface area contributed by atoms with Gasteiger partial charge in [-0.25, -0.2) is 5.10 Å². The van der Waals surface area contributed by atoms with Crippen LogP contribution in [0.15, 0.2) is 65.5 Å². The Bertz CT molecular complexity index is 1090. The molecule has 160 valence electrons. The average Bonchev–Trinajstić information content (AvgIpc) is 2.75. The lowest BCUT2D eigenvalue weighted by Gasteiger charge is -2.18. The van der Waals surface area contributed by atoms with Gasteiger partial charge < -0.3 is 10.1 Å². The molecule has 0 fully saturated rings. The monoisotopic (exact) mass is 439 g/mol. The van der Waals surface area contributed by atoms with Crippen molar-refractivity contribution in [3.05, 3.63) is 87.3 Å². The number of benzene rings is 2. The molecule has 1 atom stereocenters. The number of aromatic amines is 1. The minimum atomic E-state index is -0.503. The van der Waals surface area contributed by atoms with E-state index in [4.69, 9.17) is 16.3 Å². The zero-order valence-electron chi connectivity index (χ0n) is 16.9. The summed E-state index contributed by atoms with van der Waals surface area (Å²) in [7, 11) is 0. The predicted octanol–water partition coefficient (Wildman–Crippen LogP) is 3.38. The van der Waals surface area contributed by atoms with E-state index in [-0.39, 0.29) is 18.7 Å². The van der Waals surface area contributed by atoms with Gasteiger partial charge in [0.25, 0.3) is 11.5 Å². The van der Waals surface area contributed by atoms with Gasteiger partial charge in [0, 0.05) is 17.1 Å². The van der Waals surface area contributed by atoms with Gasteiger partial charge in [0.15, 0.2) is 0 Å². The normalized spacial score (nSPS) is 11.5. The fraction of sp³-hybridized carbons (Fsp3) is 0.217. The van der Waals surface area contributed by atoms with E-state index in [1.807, 2.05) is 48.5 Å². The van der Waals surface area contributed by atoms with Crippen LogP contribution in [0.3, 0.4) is 0 Å². The van der Waals surface area contributed by atoms with Gasteiger partial charge >= 0.3 is 5.97 Å². The Morgan fingerprint density at radius 1 is 1.10 bits per heavy atom. The largest absolute Gasteiger partial charge is 0.466 e. The summed E-state index contributed by atoms with van der Waals surface area (Å²) in [4.78, 5) is 35.7. The van der Waals surface area contributed by atoms with Crippen LogP contribution in [0.4, 0.5) is 0 Å². The Balaban J connectivity index is 1.74. The lowest BCUT2D eigenvalue weighted by Crippen LogP contribution is -2.39. The van der Waals surface area contributed by atoms with E-state index in [0.717, 1.165) is 16.7 Å². The van der Waals surface area contributed by atoms with Crippen LogP contribution in [0.2, 0.25) is 5.02 Å². The van der Waals surface area contributed by atoms with Crippen molar-refractivity contribution in [3.8, 4) is 11.1 Å². The molecule has 0 aliphatic carbocycles. The molecular weight excluding hydrogens is 418 g/mol. The Morgan fingerprint density at radius 3 is 2.52 bits per heavy atom. The summed E-state index contributed by atoms with van der Waals surface area (Å²) in [5, 5.41) is 9.42. The number of ether oxygens (including phenoxy) is 1. The van der Waals surface area contributed by atoms with Gasteiger partial charge in [0.1, 0.15) is 5.69 Å². The second-order valence-electron chi connectivity index (χ2n) is 6.90. The average molecular weight is 440 g/mol. The van der Waals surface area contributed by atoms with Crippen molar-refractivity contribution in [1.82, 2.24) is 15.5 Å². The maximum absolute atomic E-state index is 12.5. The number of carbonyl (C=O) groups excluding carboxylic acids is 2. The van der Waals surface area contributed by atoms with E-state index in [1.165, 1.54) is 12.1 Å². The molecule has 3 rings (SSSR count). The second-order valence-corrected chi connectivity index (χ2v) is 7.33. The molecule has 8 heteroatoms. The molecule has 0 aliphatic rings. The smallest absolute Gasteiger partial charge is 0.307 e. The lowest BCUT2D eigenvalue weighted by atomic mass is 9.99. The number of rotatable bonds is 8. The molecule has 0 bridgehead atoms. The third kappa shape index (κ3) is 6.52. The Morgan fingerprint density at radius 2 is 1.87 bits per heavy atom. The highest BCUT2D eigenvalue weighted by Crippen LogP contribution is 2.23. The number of hydrogen-bond acceptors (Lipinski definition) is 5. The van der Waals surface area contributed by atoms with Crippen molar-refractivity contribution in [2.75, 3.05) is 6.61 Å². The minimum absolute atomic E-state index is 0.0129. The van der Waals surface area contributed by atoms with Crippen LogP contribution in [0.5, 0.6) is 0 Å². The molecule has 2 aromatic carbocycles. The van der Waals surface area contributed by atoms with Crippen molar-refractivity contribution >= 4 is 23.5 Å². The van der Waals surface area contributed by atoms with Crippen molar-refractivity contribution in [2.24, 2.45) is 0 Å². The van der Waals surface area contributed by atoms with Crippen LogP contribution >= 0.6 is 11.6 Å². The standard InChI is InChI=1S/C23H22ClN3O4/c1-2-31-22(29)14-19(25-23(30)20-10-11-21(28)27-26-20)12-15-6-8-16(9-7-15)17-4-3-5-18(24)13-17/h3-11,13,19H,2,12,14H2,1H3,(H,25,30)(H,27,28)/t19-/m1/s1. The molecule has 1 amide bonds. The molecule has 31 heavy (non-hydrogen) atoms. The highest BCUT2D eigenvalue weighted by atomic mass is 35.5. The van der Waals surface area contributed by atoms with Crippen LogP contribution in [0.25, 0.3) is 11.1 Å². The SMILES string of the molecule is CCOC(=O)C[C@@H](Cc1ccc(-c2cccc(Cl)c2)cc1)NC(=O)c1ccc(=O)[nH]n1. The Hall–Kier alpha value is -3.45. The molecule has 0 aliphatic heterocycles. The zero-order chi connectivity index (χ0) is 22.2. The number of carbonyl (C=O) groups is 2. The van der Waals surface area contributed by atoms with E-state index in [1.54, 1.807) is 6.92 Å². The molecule has 1 heterocycles. The second kappa shape index (κ2) is 10.5. The molecule has 1 aromatic heterocycles. The summed E-state index contributed by atoms with van der Waals surface area (Å²) in [5.74, 6) is -0.890. The first-order chi connectivity index (χ1) is 14.9. The third-order valence-corrected chi connectivity index (χ3v) is 4.79. The van der Waals surface area contributed by atoms with Crippen molar-refractivity contribution in [3.63, 3.8) is 0 Å². The maximum atomic E-state index is 12.5. The van der Waals surface area contributed by atoms with Gasteiger partial charge in [-0.05, 0) is 48.2 Å². The summed E-state index contributed by atoms with van der Waals surface area (Å²) < 4.78 is 5.04. The first kappa shape index (κ1) is 22.2. The fourth-order valence-electron chi connectivity index (χ4n) is 3.11. The molecule has 0 saturated carbocycles. The molecule has 0 saturated heterocycles. The van der Waals surface area contributed by atoms with Gasteiger partial charge in [-0.15, -0.1) is 0 Å². The van der Waals surface area contributed by atoms with Gasteiger partial charge in [0.2, 0.25) is 0 Å². The van der Waals surface area contributed by atoms with Gasteiger partial charge in [0.05, 0.1) is 13.0 Å². The Labute approximate surface area is 184 Å². The summed E-state index contributed by atoms with van der Waals surface area (Å²) in [6.07, 6.45) is 0.433. The fourth-order valence-corrected chi connectivity index (χ4v) is 3.30. The van der Waals surface area contributed by atoms with Crippen molar-refractivity contribution < 1.29 is 14.3 Å². The Kier molecular flexibility index (Phi) is 7.56. The van der Waals surface area contributed by atoms with Crippen LogP contribution < -0.4 is 10.9 Å². The van der Waals surface area contributed by atoms with Crippen molar-refractivity contribution in [2.45, 2.75) is 25.8 Å². The van der Waals surface area contributed by atoms with Gasteiger partial charge in [-0.1, -0.05) is 48.0 Å². The topological polar surface area (TPSA) is 101 Å². The summed E-state index contributed by atoms with van der Waals surface area (Å²) in [6.45, 7) is 1.99. The highest BCUT2D eigenvalue weighted by Gasteiger charge is 2.19. The molecule has 3 aromatic rings. The molecule has 2 N–H and O–H groups in total. The van der Waals surface area contributed by atoms with E-state index in [0.29, 0.717) is 11.4 Å². The van der Waals surface area contributed by atoms with E-state index in [2.05, 4.69) is 15.5 Å². The maximum Gasteiger partial charge on any atom is 0.307 e. The minimum Gasteiger partial charge on any atom is -0.466 e. The van der Waals surface area contributed by atoms with E-state index >= 15 is 0 Å². The molecular formula is C23H22ClN3O4. The molecule has 0 spiro atoms. The first-order valence-electron chi connectivity index (χ1n) is 9.81.